The molecule has 1 aromatic carbocycles. The minimum Gasteiger partial charge on any atom is -0.378 e. The quantitative estimate of drug-likeness (QED) is 0.516. The third-order valence-corrected chi connectivity index (χ3v) is 4.71. The van der Waals surface area contributed by atoms with Crippen LogP contribution in [0.15, 0.2) is 42.9 Å². The molecular weight excluding hydrogens is 408 g/mol. The van der Waals surface area contributed by atoms with Gasteiger partial charge in [0.05, 0.1) is 24.2 Å². The van der Waals surface area contributed by atoms with Gasteiger partial charge in [-0.05, 0) is 18.2 Å². The smallest absolute Gasteiger partial charge is 0.296 e. The van der Waals surface area contributed by atoms with Gasteiger partial charge in [-0.1, -0.05) is 12.1 Å². The first-order valence-corrected chi connectivity index (χ1v) is 9.57. The van der Waals surface area contributed by atoms with Crippen molar-refractivity contribution in [3.8, 4) is 5.95 Å². The highest BCUT2D eigenvalue weighted by Gasteiger charge is 2.24. The van der Waals surface area contributed by atoms with Crippen molar-refractivity contribution in [3.05, 3.63) is 48.7 Å². The molecule has 1 saturated heterocycles. The Morgan fingerprint density at radius 1 is 0.968 bits per heavy atom. The van der Waals surface area contributed by atoms with E-state index in [2.05, 4.69) is 35.2 Å². The molecule has 158 valence electrons. The van der Waals surface area contributed by atoms with Gasteiger partial charge in [0.1, 0.15) is 12.1 Å². The highest BCUT2D eigenvalue weighted by molar-refractivity contribution is 5.77. The van der Waals surface area contributed by atoms with E-state index in [9.17, 15) is 8.78 Å². The molecule has 5 rings (SSSR count). The van der Waals surface area contributed by atoms with Crippen LogP contribution in [-0.4, -0.2) is 60.8 Å². The third-order valence-electron chi connectivity index (χ3n) is 4.71. The Morgan fingerprint density at radius 3 is 2.55 bits per heavy atom. The average Bonchev–Trinajstić information content (AvgIpc) is 3.20. The van der Waals surface area contributed by atoms with Crippen molar-refractivity contribution in [1.82, 2.24) is 34.5 Å². The number of hydrogen-bond donors (Lipinski definition) is 1. The fourth-order valence-corrected chi connectivity index (χ4v) is 3.29. The van der Waals surface area contributed by atoms with Gasteiger partial charge in [-0.15, -0.1) is 0 Å². The largest absolute Gasteiger partial charge is 0.378 e. The number of alkyl halides is 2. The maximum atomic E-state index is 13.8. The van der Waals surface area contributed by atoms with Crippen molar-refractivity contribution in [2.45, 2.75) is 6.43 Å². The van der Waals surface area contributed by atoms with Gasteiger partial charge < -0.3 is 15.0 Å². The van der Waals surface area contributed by atoms with Crippen LogP contribution < -0.4 is 10.2 Å². The summed E-state index contributed by atoms with van der Waals surface area (Å²) in [6, 6.07) is 8.50. The van der Waals surface area contributed by atoms with Crippen molar-refractivity contribution in [1.29, 1.82) is 0 Å². The first-order chi connectivity index (χ1) is 15.2. The molecule has 1 N–H and O–H groups in total. The van der Waals surface area contributed by atoms with Gasteiger partial charge >= 0.3 is 0 Å². The molecule has 0 aliphatic carbocycles. The number of hydrogen-bond acceptors (Lipinski definition) is 9. The van der Waals surface area contributed by atoms with Crippen LogP contribution >= 0.6 is 0 Å². The van der Waals surface area contributed by atoms with Gasteiger partial charge in [-0.2, -0.15) is 15.0 Å². The molecule has 0 radical (unpaired) electrons. The third kappa shape index (κ3) is 3.84. The molecule has 0 bridgehead atoms. The van der Waals surface area contributed by atoms with E-state index >= 15 is 0 Å². The number of fused-ring (bicyclic) bond motifs is 1. The highest BCUT2D eigenvalue weighted by Crippen LogP contribution is 2.28. The number of nitrogens with one attached hydrogen (secondary N) is 1. The number of imidazole rings is 1. The summed E-state index contributed by atoms with van der Waals surface area (Å²) < 4.78 is 34.3. The van der Waals surface area contributed by atoms with E-state index in [1.807, 2.05) is 4.90 Å². The predicted molar refractivity (Wildman–Crippen MR) is 108 cm³/mol. The van der Waals surface area contributed by atoms with Crippen molar-refractivity contribution < 1.29 is 13.5 Å². The molecule has 31 heavy (non-hydrogen) atoms. The maximum Gasteiger partial charge on any atom is 0.296 e. The second-order valence-electron chi connectivity index (χ2n) is 6.67. The van der Waals surface area contributed by atoms with Crippen molar-refractivity contribution in [3.63, 3.8) is 0 Å². The fraction of sp³-hybridized carbons (Fsp3) is 0.263. The van der Waals surface area contributed by atoms with E-state index in [1.54, 1.807) is 36.5 Å². The second-order valence-corrected chi connectivity index (χ2v) is 6.67. The van der Waals surface area contributed by atoms with Gasteiger partial charge in [-0.25, -0.2) is 23.7 Å². The zero-order chi connectivity index (χ0) is 21.2. The Kier molecular flexibility index (Phi) is 5.04. The number of ether oxygens (including phenoxy) is 1. The van der Waals surface area contributed by atoms with Crippen LogP contribution in [0.2, 0.25) is 0 Å². The summed E-state index contributed by atoms with van der Waals surface area (Å²) in [5.41, 5.74) is 0.904. The molecular formula is C19H17F2N9O. The van der Waals surface area contributed by atoms with E-state index in [1.165, 1.54) is 10.9 Å². The van der Waals surface area contributed by atoms with E-state index in [-0.39, 0.29) is 11.9 Å². The van der Waals surface area contributed by atoms with Crippen LogP contribution in [0.25, 0.3) is 17.0 Å². The summed E-state index contributed by atoms with van der Waals surface area (Å²) in [6.45, 7) is 2.18. The summed E-state index contributed by atoms with van der Waals surface area (Å²) in [5, 5.41) is 2.99. The normalized spacial score (nSPS) is 14.4. The predicted octanol–water partition coefficient (Wildman–Crippen LogP) is 2.52. The second kappa shape index (κ2) is 8.14. The first-order valence-electron chi connectivity index (χ1n) is 9.57. The zero-order valence-corrected chi connectivity index (χ0v) is 16.2. The number of aromatic nitrogens is 7. The van der Waals surface area contributed by atoms with Gasteiger partial charge in [0, 0.05) is 19.3 Å². The summed E-state index contributed by atoms with van der Waals surface area (Å²) >= 11 is 0. The summed E-state index contributed by atoms with van der Waals surface area (Å²) in [4.78, 5) is 27.4. The lowest BCUT2D eigenvalue weighted by atomic mass is 10.3. The number of para-hydroxylation sites is 2. The van der Waals surface area contributed by atoms with Gasteiger partial charge in [0.2, 0.25) is 17.8 Å². The average molecular weight is 425 g/mol. The maximum absolute atomic E-state index is 13.8. The van der Waals surface area contributed by atoms with E-state index in [4.69, 9.17) is 4.74 Å². The fourth-order valence-electron chi connectivity index (χ4n) is 3.29. The molecule has 12 heteroatoms. The number of anilines is 3. The Morgan fingerprint density at radius 2 is 1.77 bits per heavy atom. The Labute approximate surface area is 175 Å². The topological polar surface area (TPSA) is 107 Å². The van der Waals surface area contributed by atoms with Crippen LogP contribution in [0.4, 0.5) is 26.5 Å². The molecule has 0 atom stereocenters. The molecule has 1 fully saturated rings. The number of halogens is 2. The molecule has 0 saturated carbocycles. The highest BCUT2D eigenvalue weighted by atomic mass is 19.3. The minimum atomic E-state index is -2.81. The Balaban J connectivity index is 1.66. The molecule has 1 aliphatic rings. The number of rotatable bonds is 5. The lowest BCUT2D eigenvalue weighted by molar-refractivity contribution is 0.122. The van der Waals surface area contributed by atoms with Gasteiger partial charge in [-0.3, -0.25) is 4.57 Å². The van der Waals surface area contributed by atoms with Crippen LogP contribution in [0.3, 0.4) is 0 Å². The van der Waals surface area contributed by atoms with Gasteiger partial charge in [0.25, 0.3) is 6.43 Å². The van der Waals surface area contributed by atoms with Gasteiger partial charge in [0.15, 0.2) is 5.82 Å². The minimum absolute atomic E-state index is 0.0389. The van der Waals surface area contributed by atoms with Crippen LogP contribution in [0, 0.1) is 0 Å². The van der Waals surface area contributed by atoms with Crippen molar-refractivity contribution >= 4 is 28.7 Å². The molecule has 0 unspecified atom stereocenters. The first kappa shape index (κ1) is 19.2. The van der Waals surface area contributed by atoms with E-state index in [0.717, 1.165) is 0 Å². The lowest BCUT2D eigenvalue weighted by Crippen LogP contribution is -2.37. The molecule has 0 spiro atoms. The summed E-state index contributed by atoms with van der Waals surface area (Å²) in [5.74, 6) is 0.584. The monoisotopic (exact) mass is 425 g/mol. The molecule has 1 aliphatic heterocycles. The van der Waals surface area contributed by atoms with Crippen LogP contribution in [0.1, 0.15) is 12.2 Å². The number of nitrogens with zero attached hydrogens (tertiary/aromatic N) is 8. The number of morpholine rings is 1. The van der Waals surface area contributed by atoms with E-state index in [0.29, 0.717) is 49.1 Å². The lowest BCUT2D eigenvalue weighted by Gasteiger charge is -2.27. The molecule has 10 nitrogen and oxygen atoms in total. The summed E-state index contributed by atoms with van der Waals surface area (Å²) in [7, 11) is 0. The Hall–Kier alpha value is -3.80. The van der Waals surface area contributed by atoms with E-state index < -0.39 is 12.2 Å². The molecule has 3 aromatic heterocycles. The van der Waals surface area contributed by atoms with Crippen LogP contribution in [-0.2, 0) is 4.74 Å². The van der Waals surface area contributed by atoms with Crippen molar-refractivity contribution in [2.75, 3.05) is 36.5 Å². The molecule has 4 heterocycles. The van der Waals surface area contributed by atoms with Crippen LogP contribution in [0.5, 0.6) is 0 Å². The summed E-state index contributed by atoms with van der Waals surface area (Å²) in [6.07, 6.45) is 0.138. The SMILES string of the molecule is FC(F)c1nc2ccccc2n1-c1nc(Nc2ccncn2)nc(N2CCOCC2)n1. The standard InChI is InChI=1S/C19H17F2N9O/c20-15(21)16-24-12-3-1-2-4-13(12)30(16)19-27-17(25-14-5-6-22-11-23-14)26-18(28-19)29-7-9-31-10-8-29/h1-6,11,15H,7-10H2,(H,22,23,25,26,27,28). The molecule has 0 amide bonds. The molecule has 4 aromatic rings. The zero-order valence-electron chi connectivity index (χ0n) is 16.2. The Bertz CT molecular complexity index is 1200. The number of benzene rings is 1. The van der Waals surface area contributed by atoms with Crippen molar-refractivity contribution in [2.24, 2.45) is 0 Å².